The van der Waals surface area contributed by atoms with E-state index in [1.807, 2.05) is 0 Å². The standard InChI is InChI=1S/C17H16F2N2O3/c18-12-4-3-10(5-13(12)19)15-6-11(22)8-21(15)17(23)16-7-14(20-24-16)9-1-2-9/h3-5,7,9,11,15,22H,1-2,6,8H2/t11-,15+/m0/s1. The summed E-state index contributed by atoms with van der Waals surface area (Å²) in [6.45, 7) is 0.113. The molecule has 2 fully saturated rings. The summed E-state index contributed by atoms with van der Waals surface area (Å²) in [6, 6.07) is 4.62. The fourth-order valence-electron chi connectivity index (χ4n) is 3.18. The molecule has 0 spiro atoms. The largest absolute Gasteiger partial charge is 0.391 e. The third kappa shape index (κ3) is 2.69. The van der Waals surface area contributed by atoms with Gasteiger partial charge in [0.1, 0.15) is 0 Å². The molecule has 1 aromatic carbocycles. The van der Waals surface area contributed by atoms with Crippen molar-refractivity contribution >= 4 is 5.91 Å². The van der Waals surface area contributed by atoms with Crippen LogP contribution in [-0.2, 0) is 0 Å². The topological polar surface area (TPSA) is 66.6 Å². The molecular formula is C17H16F2N2O3. The first-order chi connectivity index (χ1) is 11.5. The summed E-state index contributed by atoms with van der Waals surface area (Å²) >= 11 is 0. The van der Waals surface area contributed by atoms with Crippen LogP contribution in [0.3, 0.4) is 0 Å². The van der Waals surface area contributed by atoms with E-state index >= 15 is 0 Å². The molecule has 1 aliphatic heterocycles. The summed E-state index contributed by atoms with van der Waals surface area (Å²) in [5.74, 6) is -1.85. The van der Waals surface area contributed by atoms with E-state index in [0.29, 0.717) is 11.5 Å². The van der Waals surface area contributed by atoms with Crippen molar-refractivity contribution in [3.8, 4) is 0 Å². The minimum Gasteiger partial charge on any atom is -0.391 e. The van der Waals surface area contributed by atoms with Gasteiger partial charge in [-0.15, -0.1) is 0 Å². The Morgan fingerprint density at radius 3 is 2.75 bits per heavy atom. The van der Waals surface area contributed by atoms with E-state index in [-0.39, 0.29) is 18.7 Å². The van der Waals surface area contributed by atoms with E-state index in [0.717, 1.165) is 30.7 Å². The molecule has 2 aliphatic rings. The molecule has 126 valence electrons. The Hall–Kier alpha value is -2.28. The molecular weight excluding hydrogens is 318 g/mol. The van der Waals surface area contributed by atoms with Crippen LogP contribution in [0.4, 0.5) is 8.78 Å². The number of aliphatic hydroxyl groups is 1. The third-order valence-corrected chi connectivity index (χ3v) is 4.60. The van der Waals surface area contributed by atoms with Crippen molar-refractivity contribution in [2.24, 2.45) is 0 Å². The molecule has 0 bridgehead atoms. The van der Waals surface area contributed by atoms with E-state index in [1.54, 1.807) is 6.07 Å². The Kier molecular flexibility index (Phi) is 3.60. The van der Waals surface area contributed by atoms with Gasteiger partial charge in [-0.3, -0.25) is 4.79 Å². The second kappa shape index (κ2) is 5.66. The summed E-state index contributed by atoms with van der Waals surface area (Å²) in [4.78, 5) is 14.1. The monoisotopic (exact) mass is 334 g/mol. The lowest BCUT2D eigenvalue weighted by Gasteiger charge is -2.23. The van der Waals surface area contributed by atoms with Gasteiger partial charge in [0.05, 0.1) is 17.8 Å². The van der Waals surface area contributed by atoms with Crippen LogP contribution in [0.5, 0.6) is 0 Å². The maximum atomic E-state index is 13.5. The first kappa shape index (κ1) is 15.3. The second-order valence-electron chi connectivity index (χ2n) is 6.43. The predicted molar refractivity (Wildman–Crippen MR) is 79.2 cm³/mol. The highest BCUT2D eigenvalue weighted by atomic mass is 19.2. The molecule has 1 aliphatic carbocycles. The number of carbonyl (C=O) groups excluding carboxylic acids is 1. The van der Waals surface area contributed by atoms with Crippen molar-refractivity contribution in [2.45, 2.75) is 37.3 Å². The molecule has 1 amide bonds. The summed E-state index contributed by atoms with van der Waals surface area (Å²) in [6.07, 6.45) is 1.62. The molecule has 0 unspecified atom stereocenters. The minimum absolute atomic E-state index is 0.110. The number of halogens is 2. The van der Waals surface area contributed by atoms with Gasteiger partial charge in [-0.25, -0.2) is 8.78 Å². The van der Waals surface area contributed by atoms with Crippen LogP contribution in [-0.4, -0.2) is 33.7 Å². The second-order valence-corrected chi connectivity index (χ2v) is 6.43. The van der Waals surface area contributed by atoms with Gasteiger partial charge in [0.25, 0.3) is 5.91 Å². The fourth-order valence-corrected chi connectivity index (χ4v) is 3.18. The lowest BCUT2D eigenvalue weighted by atomic mass is 10.0. The number of aliphatic hydroxyl groups excluding tert-OH is 1. The Morgan fingerprint density at radius 2 is 2.04 bits per heavy atom. The zero-order valence-corrected chi connectivity index (χ0v) is 12.8. The number of benzene rings is 1. The number of likely N-dealkylation sites (tertiary alicyclic amines) is 1. The summed E-state index contributed by atoms with van der Waals surface area (Å²) < 4.78 is 31.8. The van der Waals surface area contributed by atoms with Gasteiger partial charge in [-0.05, 0) is 37.0 Å². The van der Waals surface area contributed by atoms with Crippen LogP contribution in [0, 0.1) is 11.6 Å². The Morgan fingerprint density at radius 1 is 1.25 bits per heavy atom. The van der Waals surface area contributed by atoms with Crippen molar-refractivity contribution in [2.75, 3.05) is 6.54 Å². The number of rotatable bonds is 3. The molecule has 1 saturated carbocycles. The van der Waals surface area contributed by atoms with Gasteiger partial charge in [-0.2, -0.15) is 0 Å². The van der Waals surface area contributed by atoms with Gasteiger partial charge in [0, 0.05) is 18.5 Å². The number of nitrogens with zero attached hydrogens (tertiary/aromatic N) is 2. The SMILES string of the molecule is O=C(c1cc(C2CC2)no1)N1C[C@@H](O)C[C@@H]1c1ccc(F)c(F)c1. The van der Waals surface area contributed by atoms with E-state index < -0.39 is 29.7 Å². The normalized spacial score (nSPS) is 23.7. The lowest BCUT2D eigenvalue weighted by Crippen LogP contribution is -2.31. The number of hydrogen-bond donors (Lipinski definition) is 1. The molecule has 0 radical (unpaired) electrons. The zero-order chi connectivity index (χ0) is 16.8. The van der Waals surface area contributed by atoms with E-state index in [2.05, 4.69) is 5.16 Å². The smallest absolute Gasteiger partial charge is 0.293 e. The van der Waals surface area contributed by atoms with Crippen molar-refractivity contribution in [3.63, 3.8) is 0 Å². The lowest BCUT2D eigenvalue weighted by molar-refractivity contribution is 0.0673. The third-order valence-electron chi connectivity index (χ3n) is 4.60. The number of β-amino-alcohol motifs (C(OH)–C–C–N with tert-alkyl or cyclic N) is 1. The maximum absolute atomic E-state index is 13.5. The van der Waals surface area contributed by atoms with Crippen LogP contribution < -0.4 is 0 Å². The van der Waals surface area contributed by atoms with Crippen LogP contribution in [0.1, 0.15) is 53.0 Å². The molecule has 1 aromatic heterocycles. The van der Waals surface area contributed by atoms with Crippen molar-refractivity contribution < 1.29 is 23.2 Å². The van der Waals surface area contributed by atoms with E-state index in [4.69, 9.17) is 4.52 Å². The number of carbonyl (C=O) groups is 1. The first-order valence-electron chi connectivity index (χ1n) is 7.93. The summed E-state index contributed by atoms with van der Waals surface area (Å²) in [7, 11) is 0. The highest BCUT2D eigenvalue weighted by Crippen LogP contribution is 2.40. The number of hydrogen-bond acceptors (Lipinski definition) is 4. The van der Waals surface area contributed by atoms with Crippen LogP contribution >= 0.6 is 0 Å². The van der Waals surface area contributed by atoms with Gasteiger partial charge < -0.3 is 14.5 Å². The van der Waals surface area contributed by atoms with Crippen molar-refractivity contribution in [1.82, 2.24) is 10.1 Å². The van der Waals surface area contributed by atoms with Crippen molar-refractivity contribution in [1.29, 1.82) is 0 Å². The predicted octanol–water partition coefficient (Wildman–Crippen LogP) is 2.78. The van der Waals surface area contributed by atoms with Gasteiger partial charge >= 0.3 is 0 Å². The van der Waals surface area contributed by atoms with Crippen LogP contribution in [0.15, 0.2) is 28.8 Å². The first-order valence-corrected chi connectivity index (χ1v) is 7.93. The molecule has 1 saturated heterocycles. The fraction of sp³-hybridized carbons (Fsp3) is 0.412. The van der Waals surface area contributed by atoms with Gasteiger partial charge in [0.2, 0.25) is 5.76 Å². The molecule has 2 atom stereocenters. The van der Waals surface area contributed by atoms with Gasteiger partial charge in [0.15, 0.2) is 11.6 Å². The Balaban J connectivity index is 1.61. The highest BCUT2D eigenvalue weighted by Gasteiger charge is 2.38. The summed E-state index contributed by atoms with van der Waals surface area (Å²) in [5.41, 5.74) is 1.21. The molecule has 2 aromatic rings. The molecule has 5 nitrogen and oxygen atoms in total. The average molecular weight is 334 g/mol. The highest BCUT2D eigenvalue weighted by molar-refractivity contribution is 5.92. The minimum atomic E-state index is -0.975. The van der Waals surface area contributed by atoms with Crippen LogP contribution in [0.25, 0.3) is 0 Å². The number of aromatic nitrogens is 1. The Labute approximate surface area is 136 Å². The summed E-state index contributed by atoms with van der Waals surface area (Å²) in [5, 5.41) is 13.9. The van der Waals surface area contributed by atoms with Gasteiger partial charge in [-0.1, -0.05) is 11.2 Å². The van der Waals surface area contributed by atoms with Crippen molar-refractivity contribution in [3.05, 3.63) is 52.9 Å². The molecule has 24 heavy (non-hydrogen) atoms. The molecule has 2 heterocycles. The zero-order valence-electron chi connectivity index (χ0n) is 12.8. The number of amides is 1. The maximum Gasteiger partial charge on any atom is 0.293 e. The average Bonchev–Trinajstić information content (AvgIpc) is 3.16. The molecule has 4 rings (SSSR count). The van der Waals surface area contributed by atoms with Crippen LogP contribution in [0.2, 0.25) is 0 Å². The molecule has 7 heteroatoms. The Bertz CT molecular complexity index is 788. The quantitative estimate of drug-likeness (QED) is 0.937. The van der Waals surface area contributed by atoms with E-state index in [9.17, 15) is 18.7 Å². The van der Waals surface area contributed by atoms with E-state index in [1.165, 1.54) is 11.0 Å². The molecule has 1 N–H and O–H groups in total.